The first-order valence-corrected chi connectivity index (χ1v) is 11.0. The van der Waals surface area contributed by atoms with Crippen molar-refractivity contribution in [2.24, 2.45) is 11.8 Å². The molecule has 0 saturated heterocycles. The monoisotopic (exact) mass is 412 g/mol. The maximum Gasteiger partial charge on any atom is 0.326 e. The summed E-state index contributed by atoms with van der Waals surface area (Å²) in [4.78, 5) is 42.4. The maximum atomic E-state index is 13.6. The third kappa shape index (κ3) is 4.74. The maximum absolute atomic E-state index is 13.6. The van der Waals surface area contributed by atoms with Gasteiger partial charge in [-0.25, -0.2) is 0 Å². The van der Waals surface area contributed by atoms with Crippen LogP contribution in [0.5, 0.6) is 0 Å². The van der Waals surface area contributed by atoms with Gasteiger partial charge in [0.2, 0.25) is 5.91 Å². The zero-order valence-corrected chi connectivity index (χ0v) is 18.2. The first-order chi connectivity index (χ1) is 14.4. The number of ether oxygens (including phenoxy) is 1. The Morgan fingerprint density at radius 1 is 1.10 bits per heavy atom. The van der Waals surface area contributed by atoms with Crippen LogP contribution in [-0.2, 0) is 19.1 Å². The molecule has 3 rings (SSSR count). The number of esters is 1. The second-order valence-corrected chi connectivity index (χ2v) is 8.38. The normalized spacial score (nSPS) is 20.3. The summed E-state index contributed by atoms with van der Waals surface area (Å²) in [7, 11) is 0. The summed E-state index contributed by atoms with van der Waals surface area (Å²) in [5.41, 5.74) is 1.36. The molecule has 1 aromatic carbocycles. The van der Waals surface area contributed by atoms with Gasteiger partial charge in [0.15, 0.2) is 0 Å². The zero-order valence-electron chi connectivity index (χ0n) is 18.2. The highest BCUT2D eigenvalue weighted by atomic mass is 16.5. The molecule has 1 aliphatic heterocycles. The van der Waals surface area contributed by atoms with Crippen molar-refractivity contribution in [1.82, 2.24) is 9.80 Å². The molecule has 0 spiro atoms. The first-order valence-electron chi connectivity index (χ1n) is 11.0. The van der Waals surface area contributed by atoms with Crippen molar-refractivity contribution in [2.75, 3.05) is 13.2 Å². The van der Waals surface area contributed by atoms with Gasteiger partial charge in [-0.3, -0.25) is 19.3 Å². The summed E-state index contributed by atoms with van der Waals surface area (Å²) in [5.74, 6) is -0.794. The van der Waals surface area contributed by atoms with E-state index >= 15 is 0 Å². The van der Waals surface area contributed by atoms with Crippen molar-refractivity contribution >= 4 is 23.5 Å². The number of nitrogens with zero attached hydrogens (tertiary/aromatic N) is 2. The number of carbonyl (C=O) groups excluding carboxylic acids is 3. The molecule has 0 radical (unpaired) electrons. The van der Waals surface area contributed by atoms with Gasteiger partial charge in [-0.2, -0.15) is 0 Å². The van der Waals surface area contributed by atoms with E-state index < -0.39 is 12.0 Å². The second-order valence-electron chi connectivity index (χ2n) is 8.38. The minimum Gasteiger partial charge on any atom is -0.465 e. The van der Waals surface area contributed by atoms with Crippen LogP contribution in [0.1, 0.15) is 58.4 Å². The number of hydrogen-bond donors (Lipinski definition) is 0. The van der Waals surface area contributed by atoms with Crippen molar-refractivity contribution in [3.63, 3.8) is 0 Å². The topological polar surface area (TPSA) is 66.9 Å². The average Bonchev–Trinajstić information content (AvgIpc) is 2.75. The van der Waals surface area contributed by atoms with Gasteiger partial charge in [0.1, 0.15) is 12.6 Å². The molecule has 0 aromatic heterocycles. The Labute approximate surface area is 178 Å². The quantitative estimate of drug-likeness (QED) is 0.666. The Balaban J connectivity index is 2.03. The highest BCUT2D eigenvalue weighted by Gasteiger charge is 2.42. The molecule has 0 N–H and O–H groups in total. The smallest absolute Gasteiger partial charge is 0.326 e. The lowest BCUT2D eigenvalue weighted by Gasteiger charge is -2.42. The molecule has 1 aliphatic carbocycles. The van der Waals surface area contributed by atoms with Crippen LogP contribution in [0.25, 0.3) is 5.70 Å². The Kier molecular flexibility index (Phi) is 7.29. The van der Waals surface area contributed by atoms with Gasteiger partial charge in [-0.05, 0) is 31.2 Å². The van der Waals surface area contributed by atoms with E-state index in [1.807, 2.05) is 44.2 Å². The average molecular weight is 413 g/mol. The van der Waals surface area contributed by atoms with Gasteiger partial charge in [0.25, 0.3) is 5.91 Å². The van der Waals surface area contributed by atoms with E-state index in [9.17, 15) is 14.4 Å². The van der Waals surface area contributed by atoms with Crippen LogP contribution in [0.2, 0.25) is 0 Å². The molecular formula is C24H32N2O4. The Morgan fingerprint density at radius 2 is 1.77 bits per heavy atom. The third-order valence-electron chi connectivity index (χ3n) is 5.87. The van der Waals surface area contributed by atoms with Gasteiger partial charge in [-0.15, -0.1) is 0 Å². The fraction of sp³-hybridized carbons (Fsp3) is 0.542. The van der Waals surface area contributed by atoms with Gasteiger partial charge < -0.3 is 9.64 Å². The minimum atomic E-state index is -0.624. The second kappa shape index (κ2) is 9.92. The molecule has 2 aliphatic rings. The highest BCUT2D eigenvalue weighted by molar-refractivity contribution is 5.99. The lowest BCUT2D eigenvalue weighted by Crippen LogP contribution is -2.56. The summed E-state index contributed by atoms with van der Waals surface area (Å²) in [5, 5.41) is 0. The zero-order chi connectivity index (χ0) is 21.7. The highest BCUT2D eigenvalue weighted by Crippen LogP contribution is 2.33. The van der Waals surface area contributed by atoms with Gasteiger partial charge >= 0.3 is 5.97 Å². The third-order valence-corrected chi connectivity index (χ3v) is 5.87. The lowest BCUT2D eigenvalue weighted by atomic mass is 9.87. The van der Waals surface area contributed by atoms with Gasteiger partial charge in [0, 0.05) is 12.1 Å². The fourth-order valence-electron chi connectivity index (χ4n) is 4.38. The number of rotatable bonds is 6. The fourth-order valence-corrected chi connectivity index (χ4v) is 4.38. The van der Waals surface area contributed by atoms with Gasteiger partial charge in [0.05, 0.1) is 12.3 Å². The van der Waals surface area contributed by atoms with E-state index in [0.29, 0.717) is 5.70 Å². The predicted molar refractivity (Wildman–Crippen MR) is 115 cm³/mol. The number of amides is 2. The van der Waals surface area contributed by atoms with Crippen molar-refractivity contribution < 1.29 is 19.1 Å². The van der Waals surface area contributed by atoms with E-state index in [-0.39, 0.29) is 36.8 Å². The summed E-state index contributed by atoms with van der Waals surface area (Å²) < 4.78 is 5.10. The molecule has 1 unspecified atom stereocenters. The molecule has 1 fully saturated rings. The predicted octanol–water partition coefficient (Wildman–Crippen LogP) is 3.82. The Bertz CT molecular complexity index is 797. The number of hydrogen-bond acceptors (Lipinski definition) is 4. The summed E-state index contributed by atoms with van der Waals surface area (Å²) >= 11 is 0. The SMILES string of the molecule is CCOC(=O)CN1C(=O)C(C(C)C)N(C(=O)C2CCCCC2)C=C1c1ccccc1. The Hall–Kier alpha value is -2.63. The summed E-state index contributed by atoms with van der Waals surface area (Å²) in [6, 6.07) is 8.80. The summed E-state index contributed by atoms with van der Waals surface area (Å²) in [6.07, 6.45) is 6.78. The van der Waals surface area contributed by atoms with E-state index in [4.69, 9.17) is 4.74 Å². The van der Waals surface area contributed by atoms with Crippen LogP contribution in [0.3, 0.4) is 0 Å². The van der Waals surface area contributed by atoms with Crippen LogP contribution >= 0.6 is 0 Å². The van der Waals surface area contributed by atoms with E-state index in [0.717, 1.165) is 37.7 Å². The molecule has 1 saturated carbocycles. The molecule has 1 heterocycles. The van der Waals surface area contributed by atoms with Crippen molar-refractivity contribution in [1.29, 1.82) is 0 Å². The van der Waals surface area contributed by atoms with E-state index in [1.165, 1.54) is 4.90 Å². The number of carbonyl (C=O) groups is 3. The van der Waals surface area contributed by atoms with E-state index in [1.54, 1.807) is 18.0 Å². The molecule has 0 bridgehead atoms. The van der Waals surface area contributed by atoms with Crippen molar-refractivity contribution in [3.8, 4) is 0 Å². The number of benzene rings is 1. The van der Waals surface area contributed by atoms with Gasteiger partial charge in [-0.1, -0.05) is 63.4 Å². The first kappa shape index (κ1) is 22.1. The van der Waals surface area contributed by atoms with Crippen LogP contribution in [0, 0.1) is 11.8 Å². The molecular weight excluding hydrogens is 380 g/mol. The Morgan fingerprint density at radius 3 is 2.37 bits per heavy atom. The summed E-state index contributed by atoms with van der Waals surface area (Å²) in [6.45, 7) is 5.71. The molecule has 30 heavy (non-hydrogen) atoms. The van der Waals surface area contributed by atoms with Crippen LogP contribution < -0.4 is 0 Å². The molecule has 162 valence electrons. The lowest BCUT2D eigenvalue weighted by molar-refractivity contribution is -0.152. The molecule has 1 atom stereocenters. The molecule has 6 nitrogen and oxygen atoms in total. The largest absolute Gasteiger partial charge is 0.465 e. The standard InChI is InChI=1S/C24H32N2O4/c1-4-30-21(27)16-25-20(18-11-7-5-8-12-18)15-26(22(17(2)3)24(25)29)23(28)19-13-9-6-10-14-19/h5,7-8,11-12,15,17,19,22H,4,6,9-10,13-14,16H2,1-3H3. The van der Waals surface area contributed by atoms with Crippen LogP contribution in [0.15, 0.2) is 36.5 Å². The van der Waals surface area contributed by atoms with Crippen molar-refractivity contribution in [3.05, 3.63) is 42.1 Å². The van der Waals surface area contributed by atoms with Crippen LogP contribution in [-0.4, -0.2) is 46.8 Å². The minimum absolute atomic E-state index is 0.0194. The van der Waals surface area contributed by atoms with Crippen molar-refractivity contribution in [2.45, 2.75) is 58.9 Å². The molecule has 6 heteroatoms. The molecule has 2 amide bonds. The van der Waals surface area contributed by atoms with Crippen LogP contribution in [0.4, 0.5) is 0 Å². The molecule has 1 aromatic rings. The van der Waals surface area contributed by atoms with E-state index in [2.05, 4.69) is 0 Å².